The van der Waals surface area contributed by atoms with Crippen LogP contribution in [0.4, 0.5) is 4.39 Å². The van der Waals surface area contributed by atoms with Crippen molar-refractivity contribution in [1.29, 1.82) is 0 Å². The molecule has 0 unspecified atom stereocenters. The summed E-state index contributed by atoms with van der Waals surface area (Å²) < 4.78 is 13.7. The third-order valence-electron chi connectivity index (χ3n) is 5.80. The fourth-order valence-corrected chi connectivity index (χ4v) is 4.41. The molecule has 1 atom stereocenters. The van der Waals surface area contributed by atoms with Crippen LogP contribution in [0, 0.1) is 11.2 Å². The minimum absolute atomic E-state index is 0.00458. The van der Waals surface area contributed by atoms with Gasteiger partial charge in [-0.1, -0.05) is 11.6 Å². The van der Waals surface area contributed by atoms with Gasteiger partial charge in [-0.15, -0.1) is 0 Å². The number of hydrogen-bond acceptors (Lipinski definition) is 2. The molecule has 1 saturated carbocycles. The number of carbonyl (C=O) groups excluding carboxylic acids is 2. The molecule has 4 rings (SSSR count). The number of hydrogen-bond donors (Lipinski definition) is 0. The summed E-state index contributed by atoms with van der Waals surface area (Å²) in [4.78, 5) is 28.9. The topological polar surface area (TPSA) is 40.6 Å². The standard InChI is InChI=1S/C19H22ClFN2O2/c20-15-5-2-13(10-16(15)21)18(25)22-9-1-7-19(11-22)8-6-17(24)23(12-19)14-3-4-14/h2,5,10,14H,1,3-4,6-9,11-12H2/t19-/m1/s1. The molecule has 3 fully saturated rings. The van der Waals surface area contributed by atoms with Gasteiger partial charge in [-0.3, -0.25) is 9.59 Å². The number of carbonyl (C=O) groups is 2. The summed E-state index contributed by atoms with van der Waals surface area (Å²) in [6.07, 6.45) is 5.60. The van der Waals surface area contributed by atoms with Crippen molar-refractivity contribution in [1.82, 2.24) is 9.80 Å². The molecule has 0 radical (unpaired) electrons. The van der Waals surface area contributed by atoms with Gasteiger partial charge >= 0.3 is 0 Å². The van der Waals surface area contributed by atoms with Crippen LogP contribution >= 0.6 is 11.6 Å². The van der Waals surface area contributed by atoms with E-state index in [-0.39, 0.29) is 22.3 Å². The van der Waals surface area contributed by atoms with Gasteiger partial charge in [0.25, 0.3) is 5.91 Å². The Morgan fingerprint density at radius 1 is 1.24 bits per heavy atom. The molecule has 3 aliphatic rings. The third-order valence-corrected chi connectivity index (χ3v) is 6.10. The zero-order valence-electron chi connectivity index (χ0n) is 14.1. The second-order valence-electron chi connectivity index (χ2n) is 7.71. The number of likely N-dealkylation sites (tertiary alicyclic amines) is 2. The van der Waals surface area contributed by atoms with E-state index in [1.54, 1.807) is 6.07 Å². The average Bonchev–Trinajstić information content (AvgIpc) is 3.44. The van der Waals surface area contributed by atoms with Crippen LogP contribution in [0.2, 0.25) is 5.02 Å². The maximum absolute atomic E-state index is 13.7. The van der Waals surface area contributed by atoms with Crippen molar-refractivity contribution < 1.29 is 14.0 Å². The van der Waals surface area contributed by atoms with E-state index in [0.717, 1.165) is 38.6 Å². The monoisotopic (exact) mass is 364 g/mol. The Labute approximate surface area is 151 Å². The summed E-state index contributed by atoms with van der Waals surface area (Å²) in [5, 5.41) is 0.0255. The molecule has 1 aromatic rings. The Morgan fingerprint density at radius 3 is 2.76 bits per heavy atom. The summed E-state index contributed by atoms with van der Waals surface area (Å²) in [6, 6.07) is 4.64. The maximum Gasteiger partial charge on any atom is 0.253 e. The van der Waals surface area contributed by atoms with Crippen molar-refractivity contribution >= 4 is 23.4 Å². The van der Waals surface area contributed by atoms with Crippen molar-refractivity contribution in [3.8, 4) is 0 Å². The van der Waals surface area contributed by atoms with E-state index in [1.807, 2.05) is 9.80 Å². The number of piperidine rings is 2. The van der Waals surface area contributed by atoms with Crippen LogP contribution in [-0.2, 0) is 4.79 Å². The second kappa shape index (κ2) is 6.27. The Kier molecular flexibility index (Phi) is 4.22. The molecule has 25 heavy (non-hydrogen) atoms. The number of rotatable bonds is 2. The normalized spacial score (nSPS) is 27.0. The number of halogens is 2. The molecule has 1 aliphatic carbocycles. The predicted octanol–water partition coefficient (Wildman–Crippen LogP) is 3.49. The quantitative estimate of drug-likeness (QED) is 0.806. The molecule has 0 bridgehead atoms. The van der Waals surface area contributed by atoms with Crippen LogP contribution in [0.3, 0.4) is 0 Å². The van der Waals surface area contributed by atoms with Crippen molar-refractivity contribution in [3.63, 3.8) is 0 Å². The Bertz CT molecular complexity index is 721. The first-order chi connectivity index (χ1) is 12.0. The summed E-state index contributed by atoms with van der Waals surface area (Å²) in [5.74, 6) is -0.455. The molecular weight excluding hydrogens is 343 g/mol. The molecule has 4 nitrogen and oxygen atoms in total. The highest BCUT2D eigenvalue weighted by Crippen LogP contribution is 2.42. The van der Waals surface area contributed by atoms with Crippen LogP contribution in [0.25, 0.3) is 0 Å². The SMILES string of the molecule is O=C(c1ccc(Cl)c(F)c1)N1CCC[C@@]2(CCC(=O)N(C3CC3)C2)C1. The lowest BCUT2D eigenvalue weighted by atomic mass is 9.73. The zero-order valence-corrected chi connectivity index (χ0v) is 14.9. The third kappa shape index (κ3) is 3.26. The molecule has 2 aliphatic heterocycles. The van der Waals surface area contributed by atoms with E-state index >= 15 is 0 Å². The molecule has 2 saturated heterocycles. The lowest BCUT2D eigenvalue weighted by Crippen LogP contribution is -2.55. The van der Waals surface area contributed by atoms with Gasteiger partial charge in [-0.25, -0.2) is 4.39 Å². The lowest BCUT2D eigenvalue weighted by Gasteiger charge is -2.48. The minimum Gasteiger partial charge on any atom is -0.339 e. The van der Waals surface area contributed by atoms with Crippen LogP contribution < -0.4 is 0 Å². The maximum atomic E-state index is 13.7. The Morgan fingerprint density at radius 2 is 2.04 bits per heavy atom. The molecule has 6 heteroatoms. The number of benzene rings is 1. The average molecular weight is 365 g/mol. The highest BCUT2D eigenvalue weighted by atomic mass is 35.5. The number of amides is 2. The van der Waals surface area contributed by atoms with Gasteiger partial charge in [0, 0.05) is 43.1 Å². The van der Waals surface area contributed by atoms with E-state index in [4.69, 9.17) is 11.6 Å². The van der Waals surface area contributed by atoms with Gasteiger partial charge in [-0.2, -0.15) is 0 Å². The minimum atomic E-state index is -0.567. The van der Waals surface area contributed by atoms with Gasteiger partial charge in [0.15, 0.2) is 0 Å². The molecule has 1 aromatic carbocycles. The molecule has 1 spiro atoms. The summed E-state index contributed by atoms with van der Waals surface area (Å²) in [6.45, 7) is 2.09. The first-order valence-electron chi connectivity index (χ1n) is 9.01. The summed E-state index contributed by atoms with van der Waals surface area (Å²) in [5.41, 5.74) is 0.333. The molecule has 0 N–H and O–H groups in total. The molecule has 134 valence electrons. The lowest BCUT2D eigenvalue weighted by molar-refractivity contribution is -0.139. The van der Waals surface area contributed by atoms with Crippen molar-refractivity contribution in [3.05, 3.63) is 34.6 Å². The first-order valence-corrected chi connectivity index (χ1v) is 9.39. The first kappa shape index (κ1) is 16.8. The fourth-order valence-electron chi connectivity index (χ4n) is 4.29. The van der Waals surface area contributed by atoms with Crippen LogP contribution in [0.5, 0.6) is 0 Å². The number of nitrogens with zero attached hydrogens (tertiary/aromatic N) is 2. The van der Waals surface area contributed by atoms with E-state index in [0.29, 0.717) is 31.1 Å². The Hall–Kier alpha value is -1.62. The van der Waals surface area contributed by atoms with E-state index in [9.17, 15) is 14.0 Å². The molecule has 2 amide bonds. The van der Waals surface area contributed by atoms with Crippen LogP contribution in [0.15, 0.2) is 18.2 Å². The summed E-state index contributed by atoms with van der Waals surface area (Å²) in [7, 11) is 0. The largest absolute Gasteiger partial charge is 0.339 e. The highest BCUT2D eigenvalue weighted by Gasteiger charge is 2.46. The second-order valence-corrected chi connectivity index (χ2v) is 8.12. The Balaban J connectivity index is 1.51. The van der Waals surface area contributed by atoms with Gasteiger partial charge < -0.3 is 9.80 Å². The van der Waals surface area contributed by atoms with Crippen molar-refractivity contribution in [2.75, 3.05) is 19.6 Å². The molecule has 0 aromatic heterocycles. The van der Waals surface area contributed by atoms with Gasteiger partial charge in [0.1, 0.15) is 5.82 Å². The van der Waals surface area contributed by atoms with Gasteiger partial charge in [0.2, 0.25) is 5.91 Å². The van der Waals surface area contributed by atoms with Crippen molar-refractivity contribution in [2.45, 2.75) is 44.6 Å². The summed E-state index contributed by atoms with van der Waals surface area (Å²) >= 11 is 5.72. The van der Waals surface area contributed by atoms with E-state index in [2.05, 4.69) is 0 Å². The van der Waals surface area contributed by atoms with Crippen molar-refractivity contribution in [2.24, 2.45) is 5.41 Å². The highest BCUT2D eigenvalue weighted by molar-refractivity contribution is 6.30. The van der Waals surface area contributed by atoms with Crippen LogP contribution in [0.1, 0.15) is 48.9 Å². The van der Waals surface area contributed by atoms with Gasteiger partial charge in [0.05, 0.1) is 5.02 Å². The van der Waals surface area contributed by atoms with E-state index in [1.165, 1.54) is 12.1 Å². The molecular formula is C19H22ClFN2O2. The zero-order chi connectivity index (χ0) is 17.6. The van der Waals surface area contributed by atoms with Gasteiger partial charge in [-0.05, 0) is 50.3 Å². The fraction of sp³-hybridized carbons (Fsp3) is 0.579. The van der Waals surface area contributed by atoms with E-state index < -0.39 is 5.82 Å². The van der Waals surface area contributed by atoms with Crippen LogP contribution in [-0.4, -0.2) is 47.3 Å². The molecule has 2 heterocycles. The predicted molar refractivity (Wildman–Crippen MR) is 92.9 cm³/mol. The smallest absolute Gasteiger partial charge is 0.253 e.